The summed E-state index contributed by atoms with van der Waals surface area (Å²) in [6.45, 7) is 0. The van der Waals surface area contributed by atoms with Gasteiger partial charge in [0.1, 0.15) is 0 Å². The first-order valence-corrected chi connectivity index (χ1v) is 4.35. The molecule has 2 aliphatic heterocycles. The molecule has 2 heterocycles. The zero-order valence-electron chi connectivity index (χ0n) is 5.69. The fraction of sp³-hybridized carbons (Fsp3) is 1.00. The van der Waals surface area contributed by atoms with Crippen LogP contribution in [0.3, 0.4) is 0 Å². The van der Waals surface area contributed by atoms with Crippen molar-refractivity contribution in [2.24, 2.45) is 0 Å². The Hall–Kier alpha value is 0.230. The minimum absolute atomic E-state index is 0.0138. The molecule has 2 rings (SSSR count). The monoisotopic (exact) mass is 162 g/mol. The highest BCUT2D eigenvalue weighted by molar-refractivity contribution is 8.00. The maximum atomic E-state index is 9.40. The average molecular weight is 162 g/mol. The standard InChI is InChI=1S/C6H10O3S/c1-8-6-5-4(7)3(9-6)2-10-5/h3-7H,2H2,1H3. The summed E-state index contributed by atoms with van der Waals surface area (Å²) in [6, 6.07) is 0. The van der Waals surface area contributed by atoms with Crippen molar-refractivity contribution in [1.82, 2.24) is 0 Å². The summed E-state index contributed by atoms with van der Waals surface area (Å²) in [4.78, 5) is 0. The second kappa shape index (κ2) is 2.37. The number of fused-ring (bicyclic) bond motifs is 2. The smallest absolute Gasteiger partial charge is 0.172 e. The maximum absolute atomic E-state index is 9.40. The third kappa shape index (κ3) is 0.797. The second-order valence-electron chi connectivity index (χ2n) is 2.57. The maximum Gasteiger partial charge on any atom is 0.172 e. The van der Waals surface area contributed by atoms with Crippen molar-refractivity contribution in [1.29, 1.82) is 0 Å². The van der Waals surface area contributed by atoms with Crippen LogP contribution >= 0.6 is 11.8 Å². The molecule has 58 valence electrons. The van der Waals surface area contributed by atoms with Crippen LogP contribution in [0.1, 0.15) is 0 Å². The average Bonchev–Trinajstić information content (AvgIpc) is 2.46. The van der Waals surface area contributed by atoms with Crippen LogP contribution in [-0.4, -0.2) is 41.7 Å². The van der Waals surface area contributed by atoms with Gasteiger partial charge in [-0.2, -0.15) is 0 Å². The number of aliphatic hydroxyl groups is 1. The van der Waals surface area contributed by atoms with Crippen LogP contribution in [0.2, 0.25) is 0 Å². The van der Waals surface area contributed by atoms with Gasteiger partial charge in [-0.25, -0.2) is 0 Å². The van der Waals surface area contributed by atoms with E-state index in [1.165, 1.54) is 0 Å². The van der Waals surface area contributed by atoms with E-state index in [1.54, 1.807) is 18.9 Å². The van der Waals surface area contributed by atoms with E-state index in [2.05, 4.69) is 0 Å². The van der Waals surface area contributed by atoms with Gasteiger partial charge in [-0.15, -0.1) is 11.8 Å². The SMILES string of the molecule is COC1OC2CSC1C2O. The zero-order chi connectivity index (χ0) is 7.14. The second-order valence-corrected chi connectivity index (χ2v) is 3.78. The number of aliphatic hydroxyl groups excluding tert-OH is 1. The quantitative estimate of drug-likeness (QED) is 0.581. The Labute approximate surface area is 63.7 Å². The predicted molar refractivity (Wildman–Crippen MR) is 37.9 cm³/mol. The number of hydrogen-bond acceptors (Lipinski definition) is 4. The molecule has 0 saturated carbocycles. The van der Waals surface area contributed by atoms with E-state index in [-0.39, 0.29) is 23.7 Å². The highest BCUT2D eigenvalue weighted by Crippen LogP contribution is 2.40. The Kier molecular flexibility index (Phi) is 1.64. The van der Waals surface area contributed by atoms with Crippen molar-refractivity contribution < 1.29 is 14.6 Å². The summed E-state index contributed by atoms with van der Waals surface area (Å²) in [6.07, 6.45) is -0.478. The summed E-state index contributed by atoms with van der Waals surface area (Å²) >= 11 is 1.73. The van der Waals surface area contributed by atoms with Crippen molar-refractivity contribution in [3.05, 3.63) is 0 Å². The minimum atomic E-state index is -0.310. The molecule has 0 aromatic rings. The van der Waals surface area contributed by atoms with E-state index in [1.807, 2.05) is 0 Å². The fourth-order valence-electron chi connectivity index (χ4n) is 1.41. The summed E-state index contributed by atoms with van der Waals surface area (Å²) in [7, 11) is 1.61. The van der Waals surface area contributed by atoms with E-state index in [0.29, 0.717) is 0 Å². The molecule has 2 aliphatic rings. The molecule has 2 saturated heterocycles. The van der Waals surface area contributed by atoms with Crippen LogP contribution in [0.4, 0.5) is 0 Å². The van der Waals surface area contributed by atoms with Gasteiger partial charge in [0.05, 0.1) is 17.5 Å². The third-order valence-electron chi connectivity index (χ3n) is 1.98. The van der Waals surface area contributed by atoms with Crippen LogP contribution in [0.15, 0.2) is 0 Å². The normalized spacial score (nSPS) is 52.2. The van der Waals surface area contributed by atoms with Crippen molar-refractivity contribution >= 4 is 11.8 Å². The molecular formula is C6H10O3S. The molecule has 4 atom stereocenters. The number of methoxy groups -OCH3 is 1. The predicted octanol–water partition coefficient (Wildman–Crippen LogP) is -0.166. The topological polar surface area (TPSA) is 38.7 Å². The van der Waals surface area contributed by atoms with Gasteiger partial charge in [-0.1, -0.05) is 0 Å². The Balaban J connectivity index is 2.08. The highest BCUT2D eigenvalue weighted by atomic mass is 32.2. The summed E-state index contributed by atoms with van der Waals surface area (Å²) in [5.74, 6) is 0.908. The Morgan fingerprint density at radius 1 is 1.70 bits per heavy atom. The molecule has 0 amide bonds. The lowest BCUT2D eigenvalue weighted by molar-refractivity contribution is -0.113. The largest absolute Gasteiger partial charge is 0.389 e. The Morgan fingerprint density at radius 2 is 2.50 bits per heavy atom. The van der Waals surface area contributed by atoms with E-state index in [0.717, 1.165) is 5.75 Å². The highest BCUT2D eigenvalue weighted by Gasteiger charge is 2.49. The summed E-state index contributed by atoms with van der Waals surface area (Å²) < 4.78 is 10.3. The summed E-state index contributed by atoms with van der Waals surface area (Å²) in [5, 5.41) is 9.55. The first-order chi connectivity index (χ1) is 4.83. The van der Waals surface area contributed by atoms with Gasteiger partial charge in [0.15, 0.2) is 6.29 Å². The van der Waals surface area contributed by atoms with Crippen molar-refractivity contribution in [2.75, 3.05) is 12.9 Å². The van der Waals surface area contributed by atoms with Crippen molar-refractivity contribution in [3.63, 3.8) is 0 Å². The third-order valence-corrected chi connectivity index (χ3v) is 3.39. The van der Waals surface area contributed by atoms with E-state index < -0.39 is 0 Å². The number of hydrogen-bond donors (Lipinski definition) is 1. The minimum Gasteiger partial charge on any atom is -0.389 e. The van der Waals surface area contributed by atoms with Crippen molar-refractivity contribution in [3.8, 4) is 0 Å². The lowest BCUT2D eigenvalue weighted by Crippen LogP contribution is -2.26. The van der Waals surface area contributed by atoms with Gasteiger partial charge in [-0.05, 0) is 0 Å². The van der Waals surface area contributed by atoms with E-state index in [4.69, 9.17) is 9.47 Å². The molecular weight excluding hydrogens is 152 g/mol. The van der Waals surface area contributed by atoms with Crippen LogP contribution in [0.25, 0.3) is 0 Å². The molecule has 0 aliphatic carbocycles. The molecule has 4 heteroatoms. The van der Waals surface area contributed by atoms with E-state index in [9.17, 15) is 5.11 Å². The summed E-state index contributed by atoms with van der Waals surface area (Å²) in [5.41, 5.74) is 0. The van der Waals surface area contributed by atoms with E-state index >= 15 is 0 Å². The van der Waals surface area contributed by atoms with Gasteiger partial charge in [-0.3, -0.25) is 0 Å². The van der Waals surface area contributed by atoms with Gasteiger partial charge in [0, 0.05) is 12.9 Å². The molecule has 4 unspecified atom stereocenters. The Bertz CT molecular complexity index is 141. The first kappa shape index (κ1) is 6.91. The van der Waals surface area contributed by atoms with Gasteiger partial charge >= 0.3 is 0 Å². The molecule has 1 N–H and O–H groups in total. The molecule has 0 aromatic carbocycles. The molecule has 2 fully saturated rings. The molecule has 3 nitrogen and oxygen atoms in total. The van der Waals surface area contributed by atoms with Crippen LogP contribution in [0, 0.1) is 0 Å². The molecule has 0 spiro atoms. The zero-order valence-corrected chi connectivity index (χ0v) is 6.50. The van der Waals surface area contributed by atoms with Gasteiger partial charge < -0.3 is 14.6 Å². The Morgan fingerprint density at radius 3 is 2.80 bits per heavy atom. The molecule has 0 radical (unpaired) electrons. The number of thioether (sulfide) groups is 1. The molecule has 0 aromatic heterocycles. The molecule has 10 heavy (non-hydrogen) atoms. The first-order valence-electron chi connectivity index (χ1n) is 3.31. The lowest BCUT2D eigenvalue weighted by Gasteiger charge is -2.18. The lowest BCUT2D eigenvalue weighted by atomic mass is 10.2. The van der Waals surface area contributed by atoms with Gasteiger partial charge in [0.25, 0.3) is 0 Å². The van der Waals surface area contributed by atoms with Crippen LogP contribution < -0.4 is 0 Å². The number of rotatable bonds is 1. The molecule has 2 bridgehead atoms. The number of ether oxygens (including phenoxy) is 2. The fourth-order valence-corrected chi connectivity index (χ4v) is 2.81. The van der Waals surface area contributed by atoms with Crippen molar-refractivity contribution in [2.45, 2.75) is 23.7 Å². The van der Waals surface area contributed by atoms with Crippen LogP contribution in [0.5, 0.6) is 0 Å². The van der Waals surface area contributed by atoms with Crippen LogP contribution in [-0.2, 0) is 9.47 Å². The van der Waals surface area contributed by atoms with Gasteiger partial charge in [0.2, 0.25) is 0 Å².